The Hall–Kier alpha value is -0.730. The summed E-state index contributed by atoms with van der Waals surface area (Å²) >= 11 is 0. The van der Waals surface area contributed by atoms with Gasteiger partial charge in [0.25, 0.3) is 0 Å². The van der Waals surface area contributed by atoms with Crippen LogP contribution in [0.5, 0.6) is 0 Å². The molecule has 3 nitrogen and oxygen atoms in total. The Morgan fingerprint density at radius 2 is 2.17 bits per heavy atom. The molecule has 1 saturated carbocycles. The minimum atomic E-state index is 0.0643. The number of carbonyl (C=O) groups excluding carboxylic acids is 1. The second-order valence-corrected chi connectivity index (χ2v) is 3.74. The lowest BCUT2D eigenvalue weighted by atomic mass is 9.82. The number of amides is 2. The van der Waals surface area contributed by atoms with Gasteiger partial charge in [-0.1, -0.05) is 6.92 Å². The number of carbonyl (C=O) groups is 1. The first kappa shape index (κ1) is 9.36. The number of nitrogens with zero attached hydrogens (tertiary/aromatic N) is 1. The summed E-state index contributed by atoms with van der Waals surface area (Å²) in [7, 11) is 1.82. The van der Waals surface area contributed by atoms with E-state index in [2.05, 4.69) is 12.2 Å². The summed E-state index contributed by atoms with van der Waals surface area (Å²) in [5.41, 5.74) is 0. The van der Waals surface area contributed by atoms with Crippen LogP contribution in [0.4, 0.5) is 4.79 Å². The van der Waals surface area contributed by atoms with Gasteiger partial charge in [-0.25, -0.2) is 4.79 Å². The molecule has 0 radical (unpaired) electrons. The molecule has 0 unspecified atom stereocenters. The molecule has 0 spiro atoms. The molecule has 3 heteroatoms. The van der Waals surface area contributed by atoms with Gasteiger partial charge in [-0.2, -0.15) is 0 Å². The molecule has 1 aliphatic carbocycles. The third-order valence-electron chi connectivity index (χ3n) is 2.52. The van der Waals surface area contributed by atoms with Gasteiger partial charge in [0.1, 0.15) is 0 Å². The predicted octanol–water partition coefficient (Wildman–Crippen LogP) is 1.45. The average Bonchev–Trinajstić information content (AvgIpc) is 2.00. The minimum Gasteiger partial charge on any atom is -0.335 e. The van der Waals surface area contributed by atoms with Crippen LogP contribution in [0.3, 0.4) is 0 Å². The molecule has 0 aromatic heterocycles. The molecule has 0 aromatic carbocycles. The van der Waals surface area contributed by atoms with Crippen molar-refractivity contribution in [2.45, 2.75) is 32.7 Å². The zero-order valence-corrected chi connectivity index (χ0v) is 8.13. The van der Waals surface area contributed by atoms with Gasteiger partial charge in [-0.05, 0) is 25.7 Å². The van der Waals surface area contributed by atoms with Gasteiger partial charge >= 0.3 is 6.03 Å². The number of nitrogens with one attached hydrogen (secondary N) is 1. The summed E-state index contributed by atoms with van der Waals surface area (Å²) in [6.45, 7) is 4.96. The molecule has 0 atom stereocenters. The van der Waals surface area contributed by atoms with E-state index in [9.17, 15) is 4.79 Å². The van der Waals surface area contributed by atoms with E-state index in [-0.39, 0.29) is 6.03 Å². The highest BCUT2D eigenvalue weighted by Crippen LogP contribution is 2.26. The van der Waals surface area contributed by atoms with Gasteiger partial charge in [-0.15, -0.1) is 0 Å². The molecular weight excluding hydrogens is 152 g/mol. The first-order chi connectivity index (χ1) is 5.63. The fourth-order valence-corrected chi connectivity index (χ4v) is 1.45. The molecular formula is C9H18N2O. The SMILES string of the molecule is CCN(C)C(=O)NC1CC(C)C1. The van der Waals surface area contributed by atoms with Gasteiger partial charge in [0, 0.05) is 19.6 Å². The van der Waals surface area contributed by atoms with Crippen molar-refractivity contribution in [1.82, 2.24) is 10.2 Å². The van der Waals surface area contributed by atoms with Crippen LogP contribution in [0, 0.1) is 5.92 Å². The maximum atomic E-state index is 11.3. The Balaban J connectivity index is 2.18. The molecule has 2 amide bonds. The summed E-state index contributed by atoms with van der Waals surface area (Å²) < 4.78 is 0. The average molecular weight is 170 g/mol. The molecule has 0 aromatic rings. The zero-order chi connectivity index (χ0) is 9.14. The van der Waals surface area contributed by atoms with Gasteiger partial charge in [0.15, 0.2) is 0 Å². The van der Waals surface area contributed by atoms with Crippen molar-refractivity contribution >= 4 is 6.03 Å². The van der Waals surface area contributed by atoms with Crippen molar-refractivity contribution in [2.24, 2.45) is 5.92 Å². The molecule has 0 heterocycles. The minimum absolute atomic E-state index is 0.0643. The maximum absolute atomic E-state index is 11.3. The highest BCUT2D eigenvalue weighted by atomic mass is 16.2. The van der Waals surface area contributed by atoms with Crippen molar-refractivity contribution < 1.29 is 4.79 Å². The second-order valence-electron chi connectivity index (χ2n) is 3.74. The van der Waals surface area contributed by atoms with Crippen LogP contribution in [0.15, 0.2) is 0 Å². The number of hydrogen-bond donors (Lipinski definition) is 1. The van der Waals surface area contributed by atoms with Crippen molar-refractivity contribution in [2.75, 3.05) is 13.6 Å². The molecule has 1 fully saturated rings. The van der Waals surface area contributed by atoms with E-state index in [1.807, 2.05) is 14.0 Å². The van der Waals surface area contributed by atoms with E-state index in [0.717, 1.165) is 25.3 Å². The fourth-order valence-electron chi connectivity index (χ4n) is 1.45. The van der Waals surface area contributed by atoms with Crippen LogP contribution in [-0.2, 0) is 0 Å². The molecule has 12 heavy (non-hydrogen) atoms. The Kier molecular flexibility index (Phi) is 2.95. The van der Waals surface area contributed by atoms with Gasteiger partial charge < -0.3 is 10.2 Å². The zero-order valence-electron chi connectivity index (χ0n) is 8.13. The number of hydrogen-bond acceptors (Lipinski definition) is 1. The van der Waals surface area contributed by atoms with Crippen molar-refractivity contribution in [3.05, 3.63) is 0 Å². The molecule has 70 valence electrons. The summed E-state index contributed by atoms with van der Waals surface area (Å²) in [6, 6.07) is 0.496. The lowest BCUT2D eigenvalue weighted by molar-refractivity contribution is 0.185. The molecule has 0 aliphatic heterocycles. The quantitative estimate of drug-likeness (QED) is 0.668. The number of rotatable bonds is 2. The molecule has 1 N–H and O–H groups in total. The normalized spacial score (nSPS) is 27.6. The Morgan fingerprint density at radius 1 is 1.58 bits per heavy atom. The van der Waals surface area contributed by atoms with E-state index in [0.29, 0.717) is 6.04 Å². The maximum Gasteiger partial charge on any atom is 0.317 e. The molecule has 1 rings (SSSR count). The van der Waals surface area contributed by atoms with Crippen LogP contribution >= 0.6 is 0 Å². The van der Waals surface area contributed by atoms with E-state index >= 15 is 0 Å². The first-order valence-corrected chi connectivity index (χ1v) is 4.65. The van der Waals surface area contributed by atoms with Gasteiger partial charge in [0.2, 0.25) is 0 Å². The number of urea groups is 1. The van der Waals surface area contributed by atoms with Crippen molar-refractivity contribution in [3.8, 4) is 0 Å². The van der Waals surface area contributed by atoms with Crippen molar-refractivity contribution in [1.29, 1.82) is 0 Å². The second kappa shape index (κ2) is 3.78. The van der Waals surface area contributed by atoms with E-state index in [1.54, 1.807) is 4.90 Å². The largest absolute Gasteiger partial charge is 0.335 e. The summed E-state index contributed by atoms with van der Waals surface area (Å²) in [5, 5.41) is 2.98. The Morgan fingerprint density at radius 3 is 2.58 bits per heavy atom. The monoisotopic (exact) mass is 170 g/mol. The van der Waals surface area contributed by atoms with Crippen LogP contribution in [0.2, 0.25) is 0 Å². The van der Waals surface area contributed by atoms with E-state index in [1.165, 1.54) is 0 Å². The van der Waals surface area contributed by atoms with Crippen LogP contribution < -0.4 is 5.32 Å². The summed E-state index contributed by atoms with van der Waals surface area (Å²) in [5.74, 6) is 0.794. The Labute approximate surface area is 74.1 Å². The highest BCUT2D eigenvalue weighted by Gasteiger charge is 2.26. The van der Waals surface area contributed by atoms with Gasteiger partial charge in [-0.3, -0.25) is 0 Å². The molecule has 1 aliphatic rings. The van der Waals surface area contributed by atoms with Crippen LogP contribution in [-0.4, -0.2) is 30.6 Å². The standard InChI is InChI=1S/C9H18N2O/c1-4-11(3)9(12)10-8-5-7(2)6-8/h7-8H,4-6H2,1-3H3,(H,10,12). The van der Waals surface area contributed by atoms with Crippen LogP contribution in [0.25, 0.3) is 0 Å². The topological polar surface area (TPSA) is 32.3 Å². The summed E-state index contributed by atoms with van der Waals surface area (Å²) in [6.07, 6.45) is 2.28. The summed E-state index contributed by atoms with van der Waals surface area (Å²) in [4.78, 5) is 13.0. The lowest BCUT2D eigenvalue weighted by Gasteiger charge is -2.34. The highest BCUT2D eigenvalue weighted by molar-refractivity contribution is 5.74. The van der Waals surface area contributed by atoms with Crippen molar-refractivity contribution in [3.63, 3.8) is 0 Å². The van der Waals surface area contributed by atoms with Crippen LogP contribution in [0.1, 0.15) is 26.7 Å². The molecule has 0 saturated heterocycles. The third kappa shape index (κ3) is 2.13. The fraction of sp³-hybridized carbons (Fsp3) is 0.889. The third-order valence-corrected chi connectivity index (χ3v) is 2.52. The van der Waals surface area contributed by atoms with E-state index in [4.69, 9.17) is 0 Å². The molecule has 0 bridgehead atoms. The Bertz CT molecular complexity index is 164. The lowest BCUT2D eigenvalue weighted by Crippen LogP contribution is -2.48. The van der Waals surface area contributed by atoms with Gasteiger partial charge in [0.05, 0.1) is 0 Å². The first-order valence-electron chi connectivity index (χ1n) is 4.65. The smallest absolute Gasteiger partial charge is 0.317 e. The predicted molar refractivity (Wildman–Crippen MR) is 49.0 cm³/mol. The van der Waals surface area contributed by atoms with E-state index < -0.39 is 0 Å².